The minimum atomic E-state index is -0.580. The van der Waals surface area contributed by atoms with E-state index >= 15 is 0 Å². The summed E-state index contributed by atoms with van der Waals surface area (Å²) >= 11 is 4.78. The van der Waals surface area contributed by atoms with E-state index < -0.39 is 6.10 Å². The van der Waals surface area contributed by atoms with Crippen molar-refractivity contribution in [2.45, 2.75) is 43.0 Å². The molecule has 0 amide bonds. The second kappa shape index (κ2) is 6.15. The van der Waals surface area contributed by atoms with Gasteiger partial charge in [-0.3, -0.25) is 4.57 Å². The molecule has 0 bridgehead atoms. The number of aliphatic hydroxyl groups is 1. The van der Waals surface area contributed by atoms with Crippen LogP contribution >= 0.6 is 27.7 Å². The van der Waals surface area contributed by atoms with Gasteiger partial charge in [-0.1, -0.05) is 22.0 Å². The van der Waals surface area contributed by atoms with Crippen LogP contribution in [0, 0.1) is 0 Å². The van der Waals surface area contributed by atoms with Gasteiger partial charge in [-0.15, -0.1) is 5.10 Å². The van der Waals surface area contributed by atoms with Crippen molar-refractivity contribution in [1.82, 2.24) is 14.8 Å². The summed E-state index contributed by atoms with van der Waals surface area (Å²) in [7, 11) is 0. The summed E-state index contributed by atoms with van der Waals surface area (Å²) < 4.78 is 2.51. The lowest BCUT2D eigenvalue weighted by molar-refractivity contribution is 0.196. The number of halogens is 1. The molecular formula is C13H16BrN3O2S. The number of aromatic nitrogens is 3. The molecule has 5 nitrogen and oxygen atoms in total. The quantitative estimate of drug-likeness (QED) is 0.881. The van der Waals surface area contributed by atoms with E-state index in [9.17, 15) is 9.90 Å². The molecule has 0 aliphatic carbocycles. The molecule has 0 radical (unpaired) electrons. The number of hydrogen-bond donors (Lipinski definition) is 2. The van der Waals surface area contributed by atoms with Gasteiger partial charge in [-0.05, 0) is 50.2 Å². The summed E-state index contributed by atoms with van der Waals surface area (Å²) in [4.78, 5) is 12.6. The first-order chi connectivity index (χ1) is 9.40. The Labute approximate surface area is 129 Å². The van der Waals surface area contributed by atoms with Crippen LogP contribution in [-0.2, 0) is 0 Å². The van der Waals surface area contributed by atoms with Crippen molar-refractivity contribution in [1.29, 1.82) is 0 Å². The maximum Gasteiger partial charge on any atom is 0.344 e. The van der Waals surface area contributed by atoms with E-state index in [0.29, 0.717) is 5.16 Å². The fourth-order valence-electron chi connectivity index (χ4n) is 1.86. The first-order valence-corrected chi connectivity index (χ1v) is 7.83. The number of nitrogens with zero attached hydrogens (tertiary/aromatic N) is 2. The average Bonchev–Trinajstić information content (AvgIpc) is 2.70. The van der Waals surface area contributed by atoms with Gasteiger partial charge in [0.1, 0.15) is 0 Å². The Hall–Kier alpha value is -1.05. The van der Waals surface area contributed by atoms with Gasteiger partial charge in [0.15, 0.2) is 5.16 Å². The summed E-state index contributed by atoms with van der Waals surface area (Å²) in [5.41, 5.74) is 0.583. The van der Waals surface area contributed by atoms with E-state index in [1.54, 1.807) is 11.5 Å². The number of rotatable bonds is 4. The van der Waals surface area contributed by atoms with Crippen molar-refractivity contribution in [3.05, 3.63) is 38.7 Å². The third-order valence-corrected chi connectivity index (χ3v) is 4.35. The van der Waals surface area contributed by atoms with Gasteiger partial charge in [0, 0.05) is 15.4 Å². The molecule has 2 rings (SSSR count). The van der Waals surface area contributed by atoms with E-state index in [1.807, 2.05) is 32.0 Å². The predicted molar refractivity (Wildman–Crippen MR) is 82.1 cm³/mol. The van der Waals surface area contributed by atoms with Crippen molar-refractivity contribution in [3.8, 4) is 0 Å². The van der Waals surface area contributed by atoms with Gasteiger partial charge < -0.3 is 5.11 Å². The fourth-order valence-corrected chi connectivity index (χ4v) is 3.59. The van der Waals surface area contributed by atoms with E-state index in [1.165, 1.54) is 11.8 Å². The van der Waals surface area contributed by atoms with E-state index in [4.69, 9.17) is 0 Å². The summed E-state index contributed by atoms with van der Waals surface area (Å²) in [6.07, 6.45) is -0.580. The summed E-state index contributed by atoms with van der Waals surface area (Å²) in [6.45, 7) is 5.57. The summed E-state index contributed by atoms with van der Waals surface area (Å²) in [5.74, 6) is 0. The smallest absolute Gasteiger partial charge is 0.344 e. The molecule has 1 unspecified atom stereocenters. The SMILES string of the molecule is CC(O)c1ccc(Br)cc1Sc1n[nH]c(=O)n1C(C)C. The van der Waals surface area contributed by atoms with Crippen molar-refractivity contribution in [2.75, 3.05) is 0 Å². The monoisotopic (exact) mass is 357 g/mol. The number of aliphatic hydroxyl groups excluding tert-OH is 1. The first-order valence-electron chi connectivity index (χ1n) is 6.22. The topological polar surface area (TPSA) is 70.9 Å². The van der Waals surface area contributed by atoms with Crippen LogP contribution in [0.2, 0.25) is 0 Å². The maximum absolute atomic E-state index is 11.7. The van der Waals surface area contributed by atoms with Crippen molar-refractivity contribution < 1.29 is 5.11 Å². The highest BCUT2D eigenvalue weighted by atomic mass is 79.9. The molecule has 0 saturated carbocycles. The lowest BCUT2D eigenvalue weighted by atomic mass is 10.1. The standard InChI is InChI=1S/C13H16BrN3O2S/c1-7(2)17-12(19)15-16-13(17)20-11-6-9(14)4-5-10(11)8(3)18/h4-8,18H,1-3H3,(H,15,19). The Bertz CT molecular complexity index is 664. The van der Waals surface area contributed by atoms with Crippen LogP contribution < -0.4 is 5.69 Å². The number of hydrogen-bond acceptors (Lipinski definition) is 4. The van der Waals surface area contributed by atoms with Crippen LogP contribution in [-0.4, -0.2) is 19.9 Å². The van der Waals surface area contributed by atoms with Crippen LogP contribution in [0.25, 0.3) is 0 Å². The lowest BCUT2D eigenvalue weighted by Crippen LogP contribution is -2.19. The van der Waals surface area contributed by atoms with Crippen LogP contribution in [0.4, 0.5) is 0 Å². The first kappa shape index (κ1) is 15.3. The molecule has 7 heteroatoms. The van der Waals surface area contributed by atoms with Gasteiger partial charge in [-0.25, -0.2) is 9.89 Å². The van der Waals surface area contributed by atoms with Gasteiger partial charge >= 0.3 is 5.69 Å². The third kappa shape index (κ3) is 3.16. The summed E-state index contributed by atoms with van der Waals surface area (Å²) in [5, 5.41) is 16.9. The number of aromatic amines is 1. The average molecular weight is 358 g/mol. The number of benzene rings is 1. The molecule has 1 aromatic heterocycles. The van der Waals surface area contributed by atoms with Crippen LogP contribution in [0.1, 0.15) is 38.5 Å². The van der Waals surface area contributed by atoms with Gasteiger partial charge in [0.05, 0.1) is 6.10 Å². The molecular weight excluding hydrogens is 342 g/mol. The Kier molecular flexibility index (Phi) is 4.72. The second-order valence-corrected chi connectivity index (χ2v) is 6.66. The van der Waals surface area contributed by atoms with E-state index in [2.05, 4.69) is 26.1 Å². The van der Waals surface area contributed by atoms with Crippen molar-refractivity contribution >= 4 is 27.7 Å². The van der Waals surface area contributed by atoms with Gasteiger partial charge in [0.2, 0.25) is 0 Å². The van der Waals surface area contributed by atoms with Crippen molar-refractivity contribution in [3.63, 3.8) is 0 Å². The highest BCUT2D eigenvalue weighted by molar-refractivity contribution is 9.10. The molecule has 0 aliphatic rings. The Morgan fingerprint density at radius 1 is 1.40 bits per heavy atom. The second-order valence-electron chi connectivity index (χ2n) is 4.74. The fraction of sp³-hybridized carbons (Fsp3) is 0.385. The largest absolute Gasteiger partial charge is 0.389 e. The van der Waals surface area contributed by atoms with Gasteiger partial charge in [-0.2, -0.15) is 0 Å². The molecule has 2 aromatic rings. The highest BCUT2D eigenvalue weighted by Gasteiger charge is 2.16. The molecule has 0 spiro atoms. The Morgan fingerprint density at radius 2 is 2.10 bits per heavy atom. The Balaban J connectivity index is 2.45. The number of nitrogens with one attached hydrogen (secondary N) is 1. The van der Waals surface area contributed by atoms with Crippen LogP contribution in [0.5, 0.6) is 0 Å². The van der Waals surface area contributed by atoms with Crippen molar-refractivity contribution in [2.24, 2.45) is 0 Å². The van der Waals surface area contributed by atoms with Crippen LogP contribution in [0.15, 0.2) is 37.5 Å². The molecule has 1 aromatic carbocycles. The number of H-pyrrole nitrogens is 1. The van der Waals surface area contributed by atoms with E-state index in [0.717, 1.165) is 14.9 Å². The maximum atomic E-state index is 11.7. The van der Waals surface area contributed by atoms with Crippen LogP contribution in [0.3, 0.4) is 0 Å². The minimum Gasteiger partial charge on any atom is -0.389 e. The minimum absolute atomic E-state index is 0.0194. The molecule has 1 heterocycles. The molecule has 0 fully saturated rings. The predicted octanol–water partition coefficient (Wildman–Crippen LogP) is 3.12. The van der Waals surface area contributed by atoms with E-state index in [-0.39, 0.29) is 11.7 Å². The molecule has 1 atom stereocenters. The Morgan fingerprint density at radius 3 is 2.70 bits per heavy atom. The normalized spacial score (nSPS) is 12.9. The lowest BCUT2D eigenvalue weighted by Gasteiger charge is -2.13. The zero-order valence-electron chi connectivity index (χ0n) is 11.4. The molecule has 0 saturated heterocycles. The summed E-state index contributed by atoms with van der Waals surface area (Å²) in [6, 6.07) is 5.68. The molecule has 0 aliphatic heterocycles. The van der Waals surface area contributed by atoms with Gasteiger partial charge in [0.25, 0.3) is 0 Å². The zero-order chi connectivity index (χ0) is 14.9. The zero-order valence-corrected chi connectivity index (χ0v) is 13.8. The molecule has 108 valence electrons. The third-order valence-electron chi connectivity index (χ3n) is 2.82. The highest BCUT2D eigenvalue weighted by Crippen LogP contribution is 2.34. The molecule has 2 N–H and O–H groups in total. The molecule has 20 heavy (non-hydrogen) atoms.